The van der Waals surface area contributed by atoms with Crippen LogP contribution in [0.1, 0.15) is 38.8 Å². The van der Waals surface area contributed by atoms with Crippen LogP contribution in [0.4, 0.5) is 0 Å². The van der Waals surface area contributed by atoms with E-state index in [4.69, 9.17) is 11.6 Å². The predicted molar refractivity (Wildman–Crippen MR) is 69.7 cm³/mol. The summed E-state index contributed by atoms with van der Waals surface area (Å²) in [4.78, 5) is 4.01. The van der Waals surface area contributed by atoms with Crippen LogP contribution < -0.4 is 5.32 Å². The minimum atomic E-state index is 0.181. The van der Waals surface area contributed by atoms with E-state index < -0.39 is 0 Å². The molecule has 16 heavy (non-hydrogen) atoms. The summed E-state index contributed by atoms with van der Waals surface area (Å²) >= 11 is 6.15. The number of halogens is 1. The second-order valence-electron chi connectivity index (χ2n) is 4.07. The molecule has 2 nitrogen and oxygen atoms in total. The molecule has 0 radical (unpaired) electrons. The predicted octanol–water partition coefficient (Wildman–Crippen LogP) is 3.74. The summed E-state index contributed by atoms with van der Waals surface area (Å²) in [5.41, 5.74) is 2.37. The highest BCUT2D eigenvalue weighted by Crippen LogP contribution is 2.23. The quantitative estimate of drug-likeness (QED) is 0.791. The fourth-order valence-electron chi connectivity index (χ4n) is 1.53. The van der Waals surface area contributed by atoms with Gasteiger partial charge in [-0.3, -0.25) is 4.98 Å². The summed E-state index contributed by atoms with van der Waals surface area (Å²) in [6.45, 7) is 7.32. The molecule has 1 N–H and O–H groups in total. The van der Waals surface area contributed by atoms with Gasteiger partial charge in [0.1, 0.15) is 0 Å². The lowest BCUT2D eigenvalue weighted by atomic mass is 10.1. The SMILES string of the molecule is CCCNC(C=C(C)C)c1ccncc1Cl. The number of rotatable bonds is 5. The number of aromatic nitrogens is 1. The molecule has 0 saturated heterocycles. The third-order valence-corrected chi connectivity index (χ3v) is 2.57. The first kappa shape index (κ1) is 13.2. The van der Waals surface area contributed by atoms with Crippen LogP contribution in [0.3, 0.4) is 0 Å². The Morgan fingerprint density at radius 2 is 2.31 bits per heavy atom. The summed E-state index contributed by atoms with van der Waals surface area (Å²) in [5, 5.41) is 4.19. The zero-order chi connectivity index (χ0) is 12.0. The fourth-order valence-corrected chi connectivity index (χ4v) is 1.77. The third kappa shape index (κ3) is 3.95. The van der Waals surface area contributed by atoms with Crippen molar-refractivity contribution in [2.45, 2.75) is 33.2 Å². The third-order valence-electron chi connectivity index (χ3n) is 2.25. The molecule has 0 fully saturated rings. The maximum atomic E-state index is 6.15. The van der Waals surface area contributed by atoms with E-state index in [0.29, 0.717) is 5.02 Å². The molecule has 1 unspecified atom stereocenters. The van der Waals surface area contributed by atoms with E-state index in [1.54, 1.807) is 12.4 Å². The monoisotopic (exact) mass is 238 g/mol. The number of hydrogen-bond acceptors (Lipinski definition) is 2. The largest absolute Gasteiger partial charge is 0.307 e. The molecule has 1 aromatic rings. The zero-order valence-electron chi connectivity index (χ0n) is 10.1. The van der Waals surface area contributed by atoms with E-state index >= 15 is 0 Å². The minimum Gasteiger partial charge on any atom is -0.307 e. The highest BCUT2D eigenvalue weighted by molar-refractivity contribution is 6.31. The second-order valence-corrected chi connectivity index (χ2v) is 4.48. The average Bonchev–Trinajstić information content (AvgIpc) is 2.24. The molecule has 0 bridgehead atoms. The molecule has 0 aliphatic carbocycles. The molecule has 0 aliphatic rings. The summed E-state index contributed by atoms with van der Waals surface area (Å²) in [7, 11) is 0. The van der Waals surface area contributed by atoms with Crippen LogP contribution in [0, 0.1) is 0 Å². The van der Waals surface area contributed by atoms with Crippen molar-refractivity contribution in [3.63, 3.8) is 0 Å². The summed E-state index contributed by atoms with van der Waals surface area (Å²) in [6.07, 6.45) is 6.77. The van der Waals surface area contributed by atoms with Gasteiger partial charge in [-0.15, -0.1) is 0 Å². The first-order valence-corrected chi connectivity index (χ1v) is 6.00. The lowest BCUT2D eigenvalue weighted by molar-refractivity contribution is 0.610. The molecule has 0 spiro atoms. The van der Waals surface area contributed by atoms with E-state index in [0.717, 1.165) is 18.5 Å². The van der Waals surface area contributed by atoms with Crippen molar-refractivity contribution >= 4 is 11.6 Å². The molecule has 0 aliphatic heterocycles. The Kier molecular flexibility index (Phi) is 5.50. The normalized spacial score (nSPS) is 12.2. The van der Waals surface area contributed by atoms with Crippen LogP contribution in [0.25, 0.3) is 0 Å². The van der Waals surface area contributed by atoms with Crippen LogP contribution in [0.5, 0.6) is 0 Å². The minimum absolute atomic E-state index is 0.181. The highest BCUT2D eigenvalue weighted by atomic mass is 35.5. The smallest absolute Gasteiger partial charge is 0.0640 e. The number of allylic oxidation sites excluding steroid dienone is 1. The molecular formula is C13H19ClN2. The zero-order valence-corrected chi connectivity index (χ0v) is 10.9. The van der Waals surface area contributed by atoms with E-state index in [-0.39, 0.29) is 6.04 Å². The van der Waals surface area contributed by atoms with E-state index in [9.17, 15) is 0 Å². The van der Waals surface area contributed by atoms with Crippen LogP contribution in [0.2, 0.25) is 5.02 Å². The summed E-state index contributed by atoms with van der Waals surface area (Å²) < 4.78 is 0. The van der Waals surface area contributed by atoms with Crippen molar-refractivity contribution in [1.82, 2.24) is 10.3 Å². The Labute approximate surface area is 103 Å². The molecule has 1 atom stereocenters. The van der Waals surface area contributed by atoms with Crippen LogP contribution in [-0.4, -0.2) is 11.5 Å². The number of nitrogens with one attached hydrogen (secondary N) is 1. The fraction of sp³-hybridized carbons (Fsp3) is 0.462. The topological polar surface area (TPSA) is 24.9 Å². The Morgan fingerprint density at radius 3 is 2.88 bits per heavy atom. The van der Waals surface area contributed by atoms with Gasteiger partial charge >= 0.3 is 0 Å². The van der Waals surface area contributed by atoms with Crippen molar-refractivity contribution < 1.29 is 0 Å². The molecule has 1 rings (SSSR count). The van der Waals surface area contributed by atoms with Gasteiger partial charge in [-0.25, -0.2) is 0 Å². The van der Waals surface area contributed by atoms with Gasteiger partial charge in [0, 0.05) is 12.4 Å². The van der Waals surface area contributed by atoms with E-state index in [2.05, 4.69) is 37.1 Å². The van der Waals surface area contributed by atoms with Crippen LogP contribution >= 0.6 is 11.6 Å². The number of nitrogens with zero attached hydrogens (tertiary/aromatic N) is 1. The van der Waals surface area contributed by atoms with Gasteiger partial charge in [0.05, 0.1) is 11.1 Å². The molecule has 0 aromatic carbocycles. The lowest BCUT2D eigenvalue weighted by Gasteiger charge is -2.16. The molecule has 1 heterocycles. The Morgan fingerprint density at radius 1 is 1.56 bits per heavy atom. The van der Waals surface area contributed by atoms with Gasteiger partial charge in [0.2, 0.25) is 0 Å². The van der Waals surface area contributed by atoms with Gasteiger partial charge in [0.15, 0.2) is 0 Å². The first-order valence-electron chi connectivity index (χ1n) is 5.63. The van der Waals surface area contributed by atoms with Gasteiger partial charge < -0.3 is 5.32 Å². The number of pyridine rings is 1. The Hall–Kier alpha value is -0.860. The second kappa shape index (κ2) is 6.66. The van der Waals surface area contributed by atoms with Crippen molar-refractivity contribution in [2.75, 3.05) is 6.54 Å². The van der Waals surface area contributed by atoms with Crippen molar-refractivity contribution in [3.8, 4) is 0 Å². The maximum absolute atomic E-state index is 6.15. The van der Waals surface area contributed by atoms with E-state index in [1.807, 2.05) is 6.07 Å². The first-order chi connectivity index (χ1) is 7.65. The average molecular weight is 239 g/mol. The molecular weight excluding hydrogens is 220 g/mol. The Bertz CT molecular complexity index is 357. The lowest BCUT2D eigenvalue weighted by Crippen LogP contribution is -2.21. The molecule has 0 amide bonds. The van der Waals surface area contributed by atoms with Crippen molar-refractivity contribution in [2.24, 2.45) is 0 Å². The van der Waals surface area contributed by atoms with Crippen molar-refractivity contribution in [3.05, 3.63) is 40.7 Å². The van der Waals surface area contributed by atoms with Gasteiger partial charge in [0.25, 0.3) is 0 Å². The van der Waals surface area contributed by atoms with Gasteiger partial charge in [-0.1, -0.05) is 30.2 Å². The van der Waals surface area contributed by atoms with Gasteiger partial charge in [-0.05, 0) is 38.4 Å². The molecule has 1 aromatic heterocycles. The molecule has 3 heteroatoms. The highest BCUT2D eigenvalue weighted by Gasteiger charge is 2.10. The summed E-state index contributed by atoms with van der Waals surface area (Å²) in [5.74, 6) is 0. The summed E-state index contributed by atoms with van der Waals surface area (Å²) in [6, 6.07) is 2.15. The van der Waals surface area contributed by atoms with E-state index in [1.165, 1.54) is 5.57 Å². The molecule has 88 valence electrons. The maximum Gasteiger partial charge on any atom is 0.0640 e. The van der Waals surface area contributed by atoms with Crippen LogP contribution in [-0.2, 0) is 0 Å². The molecule has 0 saturated carbocycles. The number of hydrogen-bond donors (Lipinski definition) is 1. The van der Waals surface area contributed by atoms with Crippen LogP contribution in [0.15, 0.2) is 30.1 Å². The Balaban J connectivity index is 2.92. The van der Waals surface area contributed by atoms with Crippen molar-refractivity contribution in [1.29, 1.82) is 0 Å². The standard InChI is InChI=1S/C13H19ClN2/c1-4-6-16-13(8-10(2)3)11-5-7-15-9-12(11)14/h5,7-9,13,16H,4,6H2,1-3H3. The van der Waals surface area contributed by atoms with Gasteiger partial charge in [-0.2, -0.15) is 0 Å².